The minimum absolute atomic E-state index is 0.191. The van der Waals surface area contributed by atoms with E-state index in [1.807, 2.05) is 0 Å². The number of piperidine rings is 2. The van der Waals surface area contributed by atoms with Gasteiger partial charge in [-0.05, 0) is 0 Å². The second-order valence-corrected chi connectivity index (χ2v) is 5.76. The molecule has 0 unspecified atom stereocenters. The second-order valence-electron chi connectivity index (χ2n) is 4.70. The topological polar surface area (TPSA) is 83.9 Å². The number of nitrogens with zero attached hydrogens (tertiary/aromatic N) is 1. The normalized spacial score (nSPS) is 47.3. The maximum absolute atomic E-state index is 12.0. The van der Waals surface area contributed by atoms with E-state index in [2.05, 4.69) is 15.9 Å². The van der Waals surface area contributed by atoms with E-state index in [9.17, 15) is 19.5 Å². The molecule has 1 saturated carbocycles. The number of hydrogen-bond donors (Lipinski definition) is 1. The molecule has 0 aromatic carbocycles. The maximum atomic E-state index is 12.0. The van der Waals surface area contributed by atoms with E-state index in [1.54, 1.807) is 7.05 Å². The number of halogens is 1. The van der Waals surface area contributed by atoms with Gasteiger partial charge < -0.3 is 14.7 Å². The molecule has 4 aliphatic rings. The molecule has 6 atom stereocenters. The molecule has 4 rings (SSSR count). The molecule has 4 bridgehead atoms. The van der Waals surface area contributed by atoms with E-state index in [0.29, 0.717) is 0 Å². The molecular formula is C10H10BrNO5. The van der Waals surface area contributed by atoms with Crippen molar-refractivity contribution in [2.75, 3.05) is 7.05 Å². The van der Waals surface area contributed by atoms with Crippen LogP contribution in [-0.2, 0) is 19.1 Å². The number of alkyl halides is 1. The third kappa shape index (κ3) is 1.13. The summed E-state index contributed by atoms with van der Waals surface area (Å²) in [6, 6.07) is -0.522. The molecule has 1 N–H and O–H groups in total. The van der Waals surface area contributed by atoms with Crippen molar-refractivity contribution in [3.05, 3.63) is 0 Å². The Morgan fingerprint density at radius 1 is 1.41 bits per heavy atom. The van der Waals surface area contributed by atoms with E-state index in [4.69, 9.17) is 4.74 Å². The Morgan fingerprint density at radius 3 is 2.65 bits per heavy atom. The summed E-state index contributed by atoms with van der Waals surface area (Å²) in [5, 5.41) is 9.25. The average molecular weight is 304 g/mol. The van der Waals surface area contributed by atoms with Crippen molar-refractivity contribution in [1.82, 2.24) is 4.90 Å². The Balaban J connectivity index is 2.14. The van der Waals surface area contributed by atoms with Gasteiger partial charge in [0.05, 0.1) is 28.6 Å². The minimum Gasteiger partial charge on any atom is -0.481 e. The van der Waals surface area contributed by atoms with Gasteiger partial charge >= 0.3 is 11.9 Å². The first-order valence-corrected chi connectivity index (χ1v) is 6.20. The summed E-state index contributed by atoms with van der Waals surface area (Å²) in [5.41, 5.74) is 0. The number of carbonyl (C=O) groups is 3. The molecular weight excluding hydrogens is 294 g/mol. The number of ether oxygens (including phenoxy) is 1. The van der Waals surface area contributed by atoms with E-state index < -0.39 is 41.8 Å². The Hall–Kier alpha value is -1.11. The van der Waals surface area contributed by atoms with E-state index in [0.717, 1.165) is 0 Å². The van der Waals surface area contributed by atoms with Gasteiger partial charge in [0.1, 0.15) is 6.10 Å². The molecule has 17 heavy (non-hydrogen) atoms. The van der Waals surface area contributed by atoms with Crippen LogP contribution in [0.5, 0.6) is 0 Å². The van der Waals surface area contributed by atoms with Gasteiger partial charge in [0.25, 0.3) is 0 Å². The van der Waals surface area contributed by atoms with Crippen LogP contribution in [0.15, 0.2) is 0 Å². The largest absolute Gasteiger partial charge is 0.481 e. The molecule has 1 amide bonds. The van der Waals surface area contributed by atoms with Crippen LogP contribution in [0.25, 0.3) is 0 Å². The van der Waals surface area contributed by atoms with Crippen LogP contribution < -0.4 is 0 Å². The number of fused-ring (bicyclic) bond motifs is 1. The van der Waals surface area contributed by atoms with E-state index in [1.165, 1.54) is 4.90 Å². The molecule has 3 aliphatic heterocycles. The highest BCUT2D eigenvalue weighted by Crippen LogP contribution is 2.52. The summed E-state index contributed by atoms with van der Waals surface area (Å²) in [4.78, 5) is 36.1. The number of aliphatic carboxylic acids is 1. The lowest BCUT2D eigenvalue weighted by molar-refractivity contribution is -0.166. The molecule has 1 aliphatic carbocycles. The molecule has 6 nitrogen and oxygen atoms in total. The lowest BCUT2D eigenvalue weighted by Gasteiger charge is -2.50. The van der Waals surface area contributed by atoms with Crippen LogP contribution in [-0.4, -0.2) is 51.9 Å². The van der Waals surface area contributed by atoms with E-state index >= 15 is 0 Å². The van der Waals surface area contributed by atoms with Gasteiger partial charge in [0.2, 0.25) is 5.91 Å². The molecule has 3 heterocycles. The minimum atomic E-state index is -1.05. The van der Waals surface area contributed by atoms with Crippen LogP contribution in [0, 0.1) is 17.8 Å². The first-order chi connectivity index (χ1) is 7.95. The molecule has 92 valence electrons. The summed E-state index contributed by atoms with van der Waals surface area (Å²) in [7, 11) is 1.58. The second kappa shape index (κ2) is 3.22. The standard InChI is InChI=1S/C10H10BrNO5/c1-12-6-3(9(14)15)2-4(8(12)13)7(5(6)11)17-10(2)16/h2-7H,1H3,(H,14,15)/t2-,3+,4+,5-,6-,7+/m0/s1. The van der Waals surface area contributed by atoms with Crippen molar-refractivity contribution in [3.8, 4) is 0 Å². The zero-order chi connectivity index (χ0) is 12.5. The van der Waals surface area contributed by atoms with Gasteiger partial charge in [0.15, 0.2) is 0 Å². The monoisotopic (exact) mass is 303 g/mol. The summed E-state index contributed by atoms with van der Waals surface area (Å²) in [6.07, 6.45) is -0.517. The lowest BCUT2D eigenvalue weighted by atomic mass is 9.65. The number of amides is 1. The highest BCUT2D eigenvalue weighted by Gasteiger charge is 2.69. The zero-order valence-electron chi connectivity index (χ0n) is 8.87. The number of carboxylic acid groups (broad SMARTS) is 1. The number of carboxylic acids is 1. The van der Waals surface area contributed by atoms with Gasteiger partial charge in [-0.15, -0.1) is 0 Å². The summed E-state index contributed by atoms with van der Waals surface area (Å²) in [6.45, 7) is 0. The first kappa shape index (κ1) is 11.0. The number of rotatable bonds is 1. The molecule has 0 aromatic rings. The Kier molecular flexibility index (Phi) is 2.08. The Labute approximate surface area is 105 Å². The third-order valence-electron chi connectivity index (χ3n) is 4.03. The van der Waals surface area contributed by atoms with Crippen molar-refractivity contribution in [3.63, 3.8) is 0 Å². The predicted molar refractivity (Wildman–Crippen MR) is 57.3 cm³/mol. The van der Waals surface area contributed by atoms with Crippen LogP contribution in [0.4, 0.5) is 0 Å². The smallest absolute Gasteiger partial charge is 0.311 e. The Bertz CT molecular complexity index is 438. The van der Waals surface area contributed by atoms with Gasteiger partial charge in [-0.2, -0.15) is 0 Å². The molecule has 7 heteroatoms. The van der Waals surface area contributed by atoms with Crippen molar-refractivity contribution >= 4 is 33.8 Å². The number of hydrogen-bond acceptors (Lipinski definition) is 4. The van der Waals surface area contributed by atoms with Crippen molar-refractivity contribution in [2.24, 2.45) is 17.8 Å². The number of carbonyl (C=O) groups excluding carboxylic acids is 2. The van der Waals surface area contributed by atoms with Gasteiger partial charge in [-0.3, -0.25) is 14.4 Å². The SMILES string of the molecule is CN1C(=O)[C@H]2[C@H]3OC(=O)[C@H]2[C@@H](C(=O)O)[C@H]1[C@@H]3Br. The van der Waals surface area contributed by atoms with Gasteiger partial charge in [0, 0.05) is 7.05 Å². The molecule has 0 aromatic heterocycles. The zero-order valence-corrected chi connectivity index (χ0v) is 10.5. The van der Waals surface area contributed by atoms with E-state index in [-0.39, 0.29) is 10.7 Å². The lowest BCUT2D eigenvalue weighted by Crippen LogP contribution is -2.68. The van der Waals surface area contributed by atoms with Crippen molar-refractivity contribution < 1.29 is 24.2 Å². The van der Waals surface area contributed by atoms with Gasteiger partial charge in [-0.25, -0.2) is 0 Å². The Morgan fingerprint density at radius 2 is 2.06 bits per heavy atom. The number of esters is 1. The summed E-state index contributed by atoms with van der Waals surface area (Å²) < 4.78 is 5.13. The van der Waals surface area contributed by atoms with Crippen LogP contribution in [0.3, 0.4) is 0 Å². The van der Waals surface area contributed by atoms with Crippen LogP contribution in [0.2, 0.25) is 0 Å². The summed E-state index contributed by atoms with van der Waals surface area (Å²) >= 11 is 3.37. The first-order valence-electron chi connectivity index (χ1n) is 5.29. The molecule has 4 fully saturated rings. The maximum Gasteiger partial charge on any atom is 0.311 e. The van der Waals surface area contributed by atoms with Gasteiger partial charge in [-0.1, -0.05) is 15.9 Å². The average Bonchev–Trinajstić information content (AvgIpc) is 2.54. The third-order valence-corrected chi connectivity index (χ3v) is 5.09. The predicted octanol–water partition coefficient (Wildman–Crippen LogP) is -0.537. The van der Waals surface area contributed by atoms with Crippen LogP contribution >= 0.6 is 15.9 Å². The fourth-order valence-electron chi connectivity index (χ4n) is 3.31. The quantitative estimate of drug-likeness (QED) is 0.520. The van der Waals surface area contributed by atoms with Crippen molar-refractivity contribution in [2.45, 2.75) is 17.0 Å². The molecule has 0 spiro atoms. The highest BCUT2D eigenvalue weighted by molar-refractivity contribution is 9.09. The van der Waals surface area contributed by atoms with Crippen molar-refractivity contribution in [1.29, 1.82) is 0 Å². The molecule has 3 saturated heterocycles. The fourth-order valence-corrected chi connectivity index (χ4v) is 4.43. The fraction of sp³-hybridized carbons (Fsp3) is 0.700. The van der Waals surface area contributed by atoms with Crippen LogP contribution in [0.1, 0.15) is 0 Å². The summed E-state index contributed by atoms with van der Waals surface area (Å²) in [5.74, 6) is -4.14. The molecule has 0 radical (unpaired) electrons. The highest BCUT2D eigenvalue weighted by atomic mass is 79.9.